The zero-order valence-corrected chi connectivity index (χ0v) is 9.25. The number of aromatic nitrogens is 1. The first kappa shape index (κ1) is 11.0. The van der Waals surface area contributed by atoms with Crippen LogP contribution in [0, 0.1) is 0 Å². The van der Waals surface area contributed by atoms with Crippen molar-refractivity contribution in [2.24, 2.45) is 0 Å². The smallest absolute Gasteiger partial charge is 0.127 e. The molecule has 0 spiro atoms. The predicted octanol–water partition coefficient (Wildman–Crippen LogP) is 3.11. The van der Waals surface area contributed by atoms with Gasteiger partial charge in [0.1, 0.15) is 5.83 Å². The predicted molar refractivity (Wildman–Crippen MR) is 63.7 cm³/mol. The molecule has 1 N–H and O–H groups in total. The van der Waals surface area contributed by atoms with Crippen LogP contribution in [0.4, 0.5) is 4.39 Å². The molecule has 2 aromatic heterocycles. The molecule has 0 unspecified atom stereocenters. The minimum Gasteiger partial charge on any atom is -0.389 e. The SMILES string of the molecule is OCC(F)=Cc1cc(-c2ccncc2)cs1. The van der Waals surface area contributed by atoms with E-state index in [9.17, 15) is 4.39 Å². The van der Waals surface area contributed by atoms with E-state index >= 15 is 0 Å². The van der Waals surface area contributed by atoms with Gasteiger partial charge in [-0.1, -0.05) is 0 Å². The number of halogens is 1. The Morgan fingerprint density at radius 3 is 2.81 bits per heavy atom. The van der Waals surface area contributed by atoms with Crippen molar-refractivity contribution >= 4 is 17.4 Å². The minimum atomic E-state index is -0.553. The second kappa shape index (κ2) is 5.01. The molecule has 2 aromatic rings. The van der Waals surface area contributed by atoms with Crippen molar-refractivity contribution in [2.45, 2.75) is 0 Å². The van der Waals surface area contributed by atoms with Crippen LogP contribution < -0.4 is 0 Å². The van der Waals surface area contributed by atoms with Gasteiger partial charge in [0, 0.05) is 17.3 Å². The van der Waals surface area contributed by atoms with Gasteiger partial charge in [0.05, 0.1) is 6.61 Å². The van der Waals surface area contributed by atoms with E-state index in [1.54, 1.807) is 12.4 Å². The Hall–Kier alpha value is -1.52. The fourth-order valence-electron chi connectivity index (χ4n) is 1.32. The molecule has 0 saturated heterocycles. The molecule has 0 aliphatic rings. The van der Waals surface area contributed by atoms with E-state index in [0.717, 1.165) is 16.0 Å². The summed E-state index contributed by atoms with van der Waals surface area (Å²) in [6.45, 7) is -0.553. The van der Waals surface area contributed by atoms with Crippen LogP contribution in [0.5, 0.6) is 0 Å². The lowest BCUT2D eigenvalue weighted by molar-refractivity contribution is 0.300. The topological polar surface area (TPSA) is 33.1 Å². The quantitative estimate of drug-likeness (QED) is 0.886. The number of rotatable bonds is 3. The summed E-state index contributed by atoms with van der Waals surface area (Å²) >= 11 is 1.44. The third kappa shape index (κ3) is 2.53. The third-order valence-corrected chi connectivity index (χ3v) is 2.96. The average molecular weight is 235 g/mol. The molecule has 2 heterocycles. The lowest BCUT2D eigenvalue weighted by Gasteiger charge is -1.94. The van der Waals surface area contributed by atoms with E-state index in [4.69, 9.17) is 5.11 Å². The van der Waals surface area contributed by atoms with Crippen LogP contribution in [0.25, 0.3) is 17.2 Å². The average Bonchev–Trinajstić information content (AvgIpc) is 2.78. The molecule has 2 rings (SSSR count). The molecule has 4 heteroatoms. The fraction of sp³-hybridized carbons (Fsp3) is 0.0833. The number of aliphatic hydroxyl groups is 1. The van der Waals surface area contributed by atoms with E-state index in [2.05, 4.69) is 4.98 Å². The minimum absolute atomic E-state index is 0.525. The summed E-state index contributed by atoms with van der Waals surface area (Å²) in [5.41, 5.74) is 2.08. The first-order chi connectivity index (χ1) is 7.79. The Morgan fingerprint density at radius 1 is 1.38 bits per heavy atom. The largest absolute Gasteiger partial charge is 0.389 e. The molecule has 82 valence electrons. The summed E-state index contributed by atoms with van der Waals surface area (Å²) in [6.07, 6.45) is 4.78. The third-order valence-electron chi connectivity index (χ3n) is 2.08. The number of pyridine rings is 1. The Morgan fingerprint density at radius 2 is 2.12 bits per heavy atom. The van der Waals surface area contributed by atoms with Crippen LogP contribution in [-0.2, 0) is 0 Å². The van der Waals surface area contributed by atoms with Crippen molar-refractivity contribution in [3.8, 4) is 11.1 Å². The van der Waals surface area contributed by atoms with Gasteiger partial charge in [-0.05, 0) is 40.8 Å². The van der Waals surface area contributed by atoms with Crippen LogP contribution in [0.1, 0.15) is 4.88 Å². The van der Waals surface area contributed by atoms with Crippen molar-refractivity contribution in [3.05, 3.63) is 46.7 Å². The number of hydrogen-bond donors (Lipinski definition) is 1. The summed E-state index contributed by atoms with van der Waals surface area (Å²) in [6, 6.07) is 5.69. The van der Waals surface area contributed by atoms with Gasteiger partial charge in [0.25, 0.3) is 0 Å². The molecule has 0 aliphatic carbocycles. The van der Waals surface area contributed by atoms with Crippen molar-refractivity contribution in [2.75, 3.05) is 6.61 Å². The summed E-state index contributed by atoms with van der Waals surface area (Å²) in [7, 11) is 0. The van der Waals surface area contributed by atoms with E-state index < -0.39 is 12.4 Å². The van der Waals surface area contributed by atoms with Crippen molar-refractivity contribution in [1.82, 2.24) is 4.98 Å². The molecule has 0 fully saturated rings. The standard InChI is InChI=1S/C12H10FNOS/c13-11(7-15)6-12-5-10(8-16-12)9-1-3-14-4-2-9/h1-6,8,15H,7H2. The Balaban J connectivity index is 2.27. The van der Waals surface area contributed by atoms with Gasteiger partial charge in [-0.15, -0.1) is 11.3 Å². The fourth-order valence-corrected chi connectivity index (χ4v) is 2.18. The van der Waals surface area contributed by atoms with E-state index in [1.807, 2.05) is 23.6 Å². The van der Waals surface area contributed by atoms with Gasteiger partial charge < -0.3 is 5.11 Å². The maximum Gasteiger partial charge on any atom is 0.127 e. The Labute approximate surface area is 96.7 Å². The van der Waals surface area contributed by atoms with Crippen LogP contribution in [0.2, 0.25) is 0 Å². The van der Waals surface area contributed by atoms with Crippen molar-refractivity contribution < 1.29 is 9.50 Å². The molecule has 0 aliphatic heterocycles. The molecule has 16 heavy (non-hydrogen) atoms. The van der Waals surface area contributed by atoms with Crippen LogP contribution >= 0.6 is 11.3 Å². The second-order valence-electron chi connectivity index (χ2n) is 3.22. The zero-order valence-electron chi connectivity index (χ0n) is 8.43. The molecule has 0 radical (unpaired) electrons. The van der Waals surface area contributed by atoms with Gasteiger partial charge in [-0.3, -0.25) is 4.98 Å². The highest BCUT2D eigenvalue weighted by Crippen LogP contribution is 2.26. The zero-order chi connectivity index (χ0) is 11.4. The van der Waals surface area contributed by atoms with E-state index in [1.165, 1.54) is 17.4 Å². The molecule has 2 nitrogen and oxygen atoms in total. The van der Waals surface area contributed by atoms with Crippen molar-refractivity contribution in [3.63, 3.8) is 0 Å². The van der Waals surface area contributed by atoms with Gasteiger partial charge in [-0.25, -0.2) is 4.39 Å². The van der Waals surface area contributed by atoms with Crippen LogP contribution in [-0.4, -0.2) is 16.7 Å². The summed E-state index contributed by atoms with van der Waals surface area (Å²) in [5, 5.41) is 10.5. The van der Waals surface area contributed by atoms with Gasteiger partial charge in [0.15, 0.2) is 0 Å². The lowest BCUT2D eigenvalue weighted by Crippen LogP contribution is -1.79. The molecule has 0 amide bonds. The van der Waals surface area contributed by atoms with E-state index in [0.29, 0.717) is 0 Å². The Kier molecular flexibility index (Phi) is 3.44. The highest BCUT2D eigenvalue weighted by molar-refractivity contribution is 7.11. The normalized spacial score (nSPS) is 11.8. The highest BCUT2D eigenvalue weighted by Gasteiger charge is 2.01. The summed E-state index contributed by atoms with van der Waals surface area (Å²) < 4.78 is 12.8. The Bertz CT molecular complexity index is 493. The number of hydrogen-bond acceptors (Lipinski definition) is 3. The highest BCUT2D eigenvalue weighted by atomic mass is 32.1. The second-order valence-corrected chi connectivity index (χ2v) is 4.17. The van der Waals surface area contributed by atoms with Crippen molar-refractivity contribution in [1.29, 1.82) is 0 Å². The molecular formula is C12H10FNOS. The molecule has 0 bridgehead atoms. The summed E-state index contributed by atoms with van der Waals surface area (Å²) in [4.78, 5) is 4.73. The number of aliphatic hydroxyl groups excluding tert-OH is 1. The first-order valence-corrected chi connectivity index (χ1v) is 5.63. The number of thiophene rings is 1. The van der Waals surface area contributed by atoms with Crippen LogP contribution in [0.15, 0.2) is 41.8 Å². The molecule has 0 atom stereocenters. The monoisotopic (exact) mass is 235 g/mol. The lowest BCUT2D eigenvalue weighted by atomic mass is 10.1. The number of nitrogens with zero attached hydrogens (tertiary/aromatic N) is 1. The summed E-state index contributed by atoms with van der Waals surface area (Å²) in [5.74, 6) is -0.525. The molecular weight excluding hydrogens is 225 g/mol. The van der Waals surface area contributed by atoms with E-state index in [-0.39, 0.29) is 0 Å². The molecule has 0 saturated carbocycles. The maximum atomic E-state index is 12.8. The van der Waals surface area contributed by atoms with Crippen LogP contribution in [0.3, 0.4) is 0 Å². The maximum absolute atomic E-state index is 12.8. The van der Waals surface area contributed by atoms with Gasteiger partial charge >= 0.3 is 0 Å². The van der Waals surface area contributed by atoms with Gasteiger partial charge in [0.2, 0.25) is 0 Å². The first-order valence-electron chi connectivity index (χ1n) is 4.75. The molecule has 0 aromatic carbocycles. The van der Waals surface area contributed by atoms with Gasteiger partial charge in [-0.2, -0.15) is 0 Å².